The van der Waals surface area contributed by atoms with Crippen LogP contribution in [0.25, 0.3) is 0 Å². The van der Waals surface area contributed by atoms with Crippen LogP contribution in [0.4, 0.5) is 4.39 Å². The van der Waals surface area contributed by atoms with E-state index in [0.717, 1.165) is 29.5 Å². The van der Waals surface area contributed by atoms with E-state index in [9.17, 15) is 4.39 Å². The summed E-state index contributed by atoms with van der Waals surface area (Å²) in [6, 6.07) is 15.0. The van der Waals surface area contributed by atoms with Gasteiger partial charge < -0.3 is 5.73 Å². The number of hydrogen-bond donors (Lipinski definition) is 1. The zero-order chi connectivity index (χ0) is 13.9. The van der Waals surface area contributed by atoms with Crippen LogP contribution < -0.4 is 5.73 Å². The third kappa shape index (κ3) is 3.02. The second-order valence-electron chi connectivity index (χ2n) is 5.12. The molecule has 0 saturated heterocycles. The van der Waals surface area contributed by atoms with E-state index in [-0.39, 0.29) is 5.82 Å². The fraction of sp³-hybridized carbons (Fsp3) is 0.294. The van der Waals surface area contributed by atoms with Crippen molar-refractivity contribution in [1.29, 1.82) is 0 Å². The zero-order valence-electron chi connectivity index (χ0n) is 11.5. The molecule has 0 bridgehead atoms. The number of rotatable bonds is 4. The molecular weight excluding hydrogens is 237 g/mol. The Morgan fingerprint density at radius 1 is 1.11 bits per heavy atom. The second kappa shape index (κ2) is 5.54. The van der Waals surface area contributed by atoms with Gasteiger partial charge in [0.25, 0.3) is 0 Å². The predicted octanol–water partition coefficient (Wildman–Crippen LogP) is 3.94. The summed E-state index contributed by atoms with van der Waals surface area (Å²) >= 11 is 0. The Morgan fingerprint density at radius 3 is 2.37 bits per heavy atom. The van der Waals surface area contributed by atoms with Gasteiger partial charge in [0, 0.05) is 5.54 Å². The summed E-state index contributed by atoms with van der Waals surface area (Å²) < 4.78 is 13.2. The van der Waals surface area contributed by atoms with Gasteiger partial charge in [-0.3, -0.25) is 0 Å². The van der Waals surface area contributed by atoms with Gasteiger partial charge >= 0.3 is 0 Å². The Labute approximate surface area is 114 Å². The van der Waals surface area contributed by atoms with Crippen LogP contribution in [0.1, 0.15) is 30.0 Å². The van der Waals surface area contributed by atoms with Crippen molar-refractivity contribution in [2.45, 2.75) is 32.2 Å². The van der Waals surface area contributed by atoms with Gasteiger partial charge in [0.2, 0.25) is 0 Å². The summed E-state index contributed by atoms with van der Waals surface area (Å²) in [7, 11) is 0. The molecular formula is C17H20FN. The van der Waals surface area contributed by atoms with Crippen LogP contribution in [0.3, 0.4) is 0 Å². The van der Waals surface area contributed by atoms with E-state index in [1.54, 1.807) is 6.07 Å². The molecule has 0 aliphatic rings. The van der Waals surface area contributed by atoms with Gasteiger partial charge in [-0.05, 0) is 48.6 Å². The molecule has 0 spiro atoms. The Kier molecular flexibility index (Phi) is 4.01. The van der Waals surface area contributed by atoms with Gasteiger partial charge in [0.1, 0.15) is 5.82 Å². The molecule has 1 atom stereocenters. The van der Waals surface area contributed by atoms with Crippen LogP contribution >= 0.6 is 0 Å². The van der Waals surface area contributed by atoms with E-state index < -0.39 is 5.54 Å². The van der Waals surface area contributed by atoms with Gasteiger partial charge in [-0.1, -0.05) is 43.3 Å². The molecule has 0 heterocycles. The van der Waals surface area contributed by atoms with E-state index in [4.69, 9.17) is 5.73 Å². The Bertz CT molecular complexity index is 550. The van der Waals surface area contributed by atoms with E-state index in [2.05, 4.69) is 19.1 Å². The highest BCUT2D eigenvalue weighted by atomic mass is 19.1. The molecule has 2 heteroatoms. The highest BCUT2D eigenvalue weighted by Gasteiger charge is 2.26. The fourth-order valence-electron chi connectivity index (χ4n) is 2.40. The first-order chi connectivity index (χ1) is 9.05. The number of nitrogens with two attached hydrogens (primary N) is 1. The molecule has 19 heavy (non-hydrogen) atoms. The van der Waals surface area contributed by atoms with Gasteiger partial charge in [-0.2, -0.15) is 0 Å². The molecule has 100 valence electrons. The number of halogens is 1. The molecule has 0 fully saturated rings. The molecule has 0 aromatic heterocycles. The molecule has 2 rings (SSSR count). The molecule has 2 aromatic carbocycles. The SMILES string of the molecule is CCC(N)(Cc1ccc(F)cc1C)c1ccccc1. The van der Waals surface area contributed by atoms with Crippen LogP contribution in [-0.2, 0) is 12.0 Å². The van der Waals surface area contributed by atoms with Crippen molar-refractivity contribution in [3.8, 4) is 0 Å². The average Bonchev–Trinajstić information content (AvgIpc) is 2.43. The highest BCUT2D eigenvalue weighted by Crippen LogP contribution is 2.27. The minimum Gasteiger partial charge on any atom is -0.321 e. The quantitative estimate of drug-likeness (QED) is 0.882. The van der Waals surface area contributed by atoms with Gasteiger partial charge in [-0.15, -0.1) is 0 Å². The molecule has 0 saturated carbocycles. The zero-order valence-corrected chi connectivity index (χ0v) is 11.5. The largest absolute Gasteiger partial charge is 0.321 e. The maximum absolute atomic E-state index is 13.2. The first-order valence-electron chi connectivity index (χ1n) is 6.64. The summed E-state index contributed by atoms with van der Waals surface area (Å²) in [5.41, 5.74) is 9.35. The normalized spacial score (nSPS) is 14.1. The molecule has 2 N–H and O–H groups in total. The lowest BCUT2D eigenvalue weighted by Crippen LogP contribution is -2.38. The summed E-state index contributed by atoms with van der Waals surface area (Å²) in [5.74, 6) is -0.194. The van der Waals surface area contributed by atoms with Crippen molar-refractivity contribution in [2.75, 3.05) is 0 Å². The maximum atomic E-state index is 13.2. The lowest BCUT2D eigenvalue weighted by atomic mass is 9.81. The van der Waals surface area contributed by atoms with Gasteiger partial charge in [-0.25, -0.2) is 4.39 Å². The van der Waals surface area contributed by atoms with Crippen molar-refractivity contribution in [1.82, 2.24) is 0 Å². The Morgan fingerprint density at radius 2 is 1.79 bits per heavy atom. The number of hydrogen-bond acceptors (Lipinski definition) is 1. The van der Waals surface area contributed by atoms with Crippen molar-refractivity contribution in [2.24, 2.45) is 5.73 Å². The minimum absolute atomic E-state index is 0.194. The average molecular weight is 257 g/mol. The first-order valence-corrected chi connectivity index (χ1v) is 6.64. The monoisotopic (exact) mass is 257 g/mol. The second-order valence-corrected chi connectivity index (χ2v) is 5.12. The van der Waals surface area contributed by atoms with E-state index in [1.807, 2.05) is 31.2 Å². The lowest BCUT2D eigenvalue weighted by molar-refractivity contribution is 0.424. The third-order valence-corrected chi connectivity index (χ3v) is 3.79. The standard InChI is InChI=1S/C17H20FN/c1-3-17(19,15-7-5-4-6-8-15)12-14-9-10-16(18)11-13(14)2/h4-11H,3,12,19H2,1-2H3. The Balaban J connectivity index is 2.33. The summed E-state index contributed by atoms with van der Waals surface area (Å²) in [6.45, 7) is 4.02. The molecule has 0 radical (unpaired) electrons. The topological polar surface area (TPSA) is 26.0 Å². The van der Waals surface area contributed by atoms with Gasteiger partial charge in [0.05, 0.1) is 0 Å². The summed E-state index contributed by atoms with van der Waals surface area (Å²) in [5, 5.41) is 0. The van der Waals surface area contributed by atoms with Crippen LogP contribution in [0, 0.1) is 12.7 Å². The smallest absolute Gasteiger partial charge is 0.123 e. The predicted molar refractivity (Wildman–Crippen MR) is 77.4 cm³/mol. The van der Waals surface area contributed by atoms with Gasteiger partial charge in [0.15, 0.2) is 0 Å². The number of aryl methyl sites for hydroxylation is 1. The lowest BCUT2D eigenvalue weighted by Gasteiger charge is -2.29. The van der Waals surface area contributed by atoms with Crippen molar-refractivity contribution in [3.05, 3.63) is 71.0 Å². The first kappa shape index (κ1) is 13.8. The third-order valence-electron chi connectivity index (χ3n) is 3.79. The van der Waals surface area contributed by atoms with Crippen LogP contribution in [0.2, 0.25) is 0 Å². The van der Waals surface area contributed by atoms with Crippen LogP contribution in [0.15, 0.2) is 48.5 Å². The van der Waals surface area contributed by atoms with E-state index in [1.165, 1.54) is 6.07 Å². The fourth-order valence-corrected chi connectivity index (χ4v) is 2.40. The molecule has 2 aromatic rings. The maximum Gasteiger partial charge on any atom is 0.123 e. The van der Waals surface area contributed by atoms with E-state index in [0.29, 0.717) is 0 Å². The molecule has 0 amide bonds. The Hall–Kier alpha value is -1.67. The molecule has 0 aliphatic heterocycles. The van der Waals surface area contributed by atoms with E-state index >= 15 is 0 Å². The summed E-state index contributed by atoms with van der Waals surface area (Å²) in [4.78, 5) is 0. The molecule has 1 nitrogen and oxygen atoms in total. The highest BCUT2D eigenvalue weighted by molar-refractivity contribution is 5.32. The van der Waals surface area contributed by atoms with Crippen molar-refractivity contribution in [3.63, 3.8) is 0 Å². The molecule has 0 aliphatic carbocycles. The van der Waals surface area contributed by atoms with Crippen molar-refractivity contribution < 1.29 is 4.39 Å². The van der Waals surface area contributed by atoms with Crippen molar-refractivity contribution >= 4 is 0 Å². The molecule has 1 unspecified atom stereocenters. The minimum atomic E-state index is -0.399. The van der Waals surface area contributed by atoms with Crippen LogP contribution in [0.5, 0.6) is 0 Å². The van der Waals surface area contributed by atoms with Crippen LogP contribution in [-0.4, -0.2) is 0 Å². The summed E-state index contributed by atoms with van der Waals surface area (Å²) in [6.07, 6.45) is 1.56. The number of benzene rings is 2.